The lowest BCUT2D eigenvalue weighted by molar-refractivity contribution is -0.133. The van der Waals surface area contributed by atoms with Gasteiger partial charge in [-0.3, -0.25) is 14.5 Å². The summed E-state index contributed by atoms with van der Waals surface area (Å²) in [6, 6.07) is 0.264. The summed E-state index contributed by atoms with van der Waals surface area (Å²) in [4.78, 5) is 21.1. The van der Waals surface area contributed by atoms with Crippen LogP contribution in [0.1, 0.15) is 43.8 Å². The van der Waals surface area contributed by atoms with Gasteiger partial charge in [0.1, 0.15) is 18.1 Å². The van der Waals surface area contributed by atoms with E-state index in [4.69, 9.17) is 0 Å². The number of amidine groups is 1. The quantitative estimate of drug-likeness (QED) is 0.271. The molecule has 2 fully saturated rings. The Morgan fingerprint density at radius 3 is 2.91 bits per heavy atom. The molecule has 1 aromatic heterocycles. The SMILES string of the molecule is C=N/C=C(\C(=NCNc1cn(C2CCNC2)nc1C)NCCCN1CCCCC1=O)C(F)(F)F. The molecule has 188 valence electrons. The van der Waals surface area contributed by atoms with E-state index in [1.54, 1.807) is 4.90 Å². The molecule has 2 aliphatic rings. The summed E-state index contributed by atoms with van der Waals surface area (Å²) in [7, 11) is 0. The fourth-order valence-corrected chi connectivity index (χ4v) is 4.08. The Kier molecular flexibility index (Phi) is 9.08. The Bertz CT molecular complexity index is 902. The number of hydrogen-bond acceptors (Lipinski definition) is 6. The largest absolute Gasteiger partial charge is 0.421 e. The van der Waals surface area contributed by atoms with Crippen molar-refractivity contribution in [3.63, 3.8) is 0 Å². The molecule has 2 aliphatic heterocycles. The molecule has 0 saturated carbocycles. The number of carbonyl (C=O) groups excluding carboxylic acids is 1. The highest BCUT2D eigenvalue weighted by Crippen LogP contribution is 2.26. The molecular formula is C22H33F3N8O. The van der Waals surface area contributed by atoms with E-state index in [1.165, 1.54) is 0 Å². The molecule has 0 radical (unpaired) electrons. The van der Waals surface area contributed by atoms with E-state index < -0.39 is 11.7 Å². The van der Waals surface area contributed by atoms with Gasteiger partial charge in [0, 0.05) is 45.0 Å². The topological polar surface area (TPSA) is 98.9 Å². The van der Waals surface area contributed by atoms with Crippen LogP contribution in [0.15, 0.2) is 28.0 Å². The van der Waals surface area contributed by atoms with Gasteiger partial charge in [-0.05, 0) is 45.9 Å². The molecule has 0 aromatic carbocycles. The van der Waals surface area contributed by atoms with Gasteiger partial charge in [0.15, 0.2) is 0 Å². The molecule has 3 heterocycles. The van der Waals surface area contributed by atoms with Crippen molar-refractivity contribution in [3.05, 3.63) is 23.7 Å². The minimum atomic E-state index is -4.65. The number of nitrogens with one attached hydrogen (secondary N) is 3. The number of amides is 1. The molecule has 1 aromatic rings. The van der Waals surface area contributed by atoms with Crippen LogP contribution in [0.25, 0.3) is 0 Å². The van der Waals surface area contributed by atoms with E-state index in [0.717, 1.165) is 43.7 Å². The van der Waals surface area contributed by atoms with Gasteiger partial charge in [0.25, 0.3) is 0 Å². The summed E-state index contributed by atoms with van der Waals surface area (Å²) in [6.07, 6.45) is 1.74. The average Bonchev–Trinajstić information content (AvgIpc) is 3.44. The molecule has 34 heavy (non-hydrogen) atoms. The van der Waals surface area contributed by atoms with Crippen LogP contribution in [-0.4, -0.2) is 78.7 Å². The Hall–Kier alpha value is -2.89. The number of alkyl halides is 3. The summed E-state index contributed by atoms with van der Waals surface area (Å²) in [5.41, 5.74) is 0.475. The molecule has 12 heteroatoms. The van der Waals surface area contributed by atoms with Crippen LogP contribution >= 0.6 is 0 Å². The number of anilines is 1. The Labute approximate surface area is 197 Å². The zero-order valence-corrected chi connectivity index (χ0v) is 19.5. The molecule has 9 nitrogen and oxygen atoms in total. The van der Waals surface area contributed by atoms with Crippen molar-refractivity contribution in [2.45, 2.75) is 51.2 Å². The Morgan fingerprint density at radius 2 is 2.24 bits per heavy atom. The van der Waals surface area contributed by atoms with Crippen molar-refractivity contribution in [2.75, 3.05) is 44.7 Å². The van der Waals surface area contributed by atoms with Gasteiger partial charge in [-0.25, -0.2) is 4.99 Å². The first-order valence-electron chi connectivity index (χ1n) is 11.6. The number of halogens is 3. The van der Waals surface area contributed by atoms with Gasteiger partial charge in [-0.2, -0.15) is 18.3 Å². The summed E-state index contributed by atoms with van der Waals surface area (Å²) in [5, 5.41) is 13.6. The maximum Gasteiger partial charge on any atom is 0.421 e. The molecule has 0 bridgehead atoms. The lowest BCUT2D eigenvalue weighted by atomic mass is 10.1. The van der Waals surface area contributed by atoms with Crippen LogP contribution < -0.4 is 16.0 Å². The number of hydrogen-bond donors (Lipinski definition) is 3. The van der Waals surface area contributed by atoms with Crippen LogP contribution in [0, 0.1) is 6.92 Å². The van der Waals surface area contributed by atoms with Gasteiger partial charge >= 0.3 is 6.18 Å². The molecule has 1 amide bonds. The van der Waals surface area contributed by atoms with Crippen LogP contribution in [0.4, 0.5) is 18.9 Å². The standard InChI is InChI=1S/C22H33F3N8O/c1-16-19(14-33(31-16)17-7-9-27-12-17)29-15-30-21(18(13-26-2)22(23,24)25)28-8-5-11-32-10-4-3-6-20(32)34/h13-14,17,27,29H,2-12,15H2,1H3,(H,28,30)/b18-13+. The second-order valence-corrected chi connectivity index (χ2v) is 8.44. The van der Waals surface area contributed by atoms with Gasteiger partial charge < -0.3 is 20.9 Å². The highest BCUT2D eigenvalue weighted by molar-refractivity contribution is 5.99. The predicted molar refractivity (Wildman–Crippen MR) is 126 cm³/mol. The lowest BCUT2D eigenvalue weighted by Gasteiger charge is -2.26. The number of rotatable bonds is 10. The summed E-state index contributed by atoms with van der Waals surface area (Å²) in [6.45, 7) is 8.12. The fraction of sp³-hybridized carbons (Fsp3) is 0.636. The van der Waals surface area contributed by atoms with Crippen molar-refractivity contribution >= 4 is 24.1 Å². The summed E-state index contributed by atoms with van der Waals surface area (Å²) < 4.78 is 42.8. The number of likely N-dealkylation sites (tertiary alicyclic amines) is 1. The smallest absolute Gasteiger partial charge is 0.370 e. The zero-order chi connectivity index (χ0) is 24.6. The van der Waals surface area contributed by atoms with E-state index in [2.05, 4.69) is 37.8 Å². The average molecular weight is 483 g/mol. The maximum atomic E-state index is 13.6. The minimum absolute atomic E-state index is 0.0764. The number of carbonyl (C=O) groups is 1. The molecule has 3 N–H and O–H groups in total. The number of aryl methyl sites for hydroxylation is 1. The Morgan fingerprint density at radius 1 is 1.41 bits per heavy atom. The highest BCUT2D eigenvalue weighted by Gasteiger charge is 2.37. The lowest BCUT2D eigenvalue weighted by Crippen LogP contribution is -2.38. The summed E-state index contributed by atoms with van der Waals surface area (Å²) >= 11 is 0. The van der Waals surface area contributed by atoms with E-state index >= 15 is 0 Å². The first-order valence-corrected chi connectivity index (χ1v) is 11.6. The first kappa shape index (κ1) is 25.7. The second kappa shape index (κ2) is 12.0. The van der Waals surface area contributed by atoms with Crippen molar-refractivity contribution < 1.29 is 18.0 Å². The van der Waals surface area contributed by atoms with Gasteiger partial charge in [-0.15, -0.1) is 0 Å². The highest BCUT2D eigenvalue weighted by atomic mass is 19.4. The van der Waals surface area contributed by atoms with Crippen molar-refractivity contribution in [1.82, 2.24) is 25.3 Å². The van der Waals surface area contributed by atoms with Crippen molar-refractivity contribution in [1.29, 1.82) is 0 Å². The second-order valence-electron chi connectivity index (χ2n) is 8.44. The van der Waals surface area contributed by atoms with Crippen LogP contribution in [0.3, 0.4) is 0 Å². The van der Waals surface area contributed by atoms with Gasteiger partial charge in [0.05, 0.1) is 17.4 Å². The van der Waals surface area contributed by atoms with Crippen molar-refractivity contribution in [3.8, 4) is 0 Å². The predicted octanol–water partition coefficient (Wildman–Crippen LogP) is 2.63. The number of nitrogens with zero attached hydrogens (tertiary/aromatic N) is 5. The molecular weight excluding hydrogens is 449 g/mol. The van der Waals surface area contributed by atoms with Gasteiger partial charge in [-0.1, -0.05) is 0 Å². The minimum Gasteiger partial charge on any atom is -0.370 e. The van der Waals surface area contributed by atoms with Gasteiger partial charge in [0.2, 0.25) is 5.91 Å². The van der Waals surface area contributed by atoms with E-state index in [9.17, 15) is 18.0 Å². The normalized spacial score (nSPS) is 20.1. The van der Waals surface area contributed by atoms with E-state index in [0.29, 0.717) is 32.1 Å². The molecule has 2 saturated heterocycles. The zero-order valence-electron chi connectivity index (χ0n) is 19.5. The van der Waals surface area contributed by atoms with Crippen molar-refractivity contribution in [2.24, 2.45) is 9.98 Å². The molecule has 1 atom stereocenters. The maximum absolute atomic E-state index is 13.6. The van der Waals surface area contributed by atoms with Crippen LogP contribution in [0.2, 0.25) is 0 Å². The van der Waals surface area contributed by atoms with E-state index in [1.807, 2.05) is 17.8 Å². The van der Waals surface area contributed by atoms with E-state index in [-0.39, 0.29) is 31.0 Å². The number of piperidine rings is 1. The third-order valence-corrected chi connectivity index (χ3v) is 5.93. The summed E-state index contributed by atoms with van der Waals surface area (Å²) in [5.74, 6) is -0.220. The van der Waals surface area contributed by atoms with Crippen LogP contribution in [0.5, 0.6) is 0 Å². The molecule has 1 unspecified atom stereocenters. The molecule has 0 aliphatic carbocycles. The third-order valence-electron chi connectivity index (χ3n) is 5.93. The Balaban J connectivity index is 1.63. The monoisotopic (exact) mass is 482 g/mol. The first-order chi connectivity index (χ1) is 16.3. The number of aliphatic imine (C=N–C) groups is 2. The molecule has 3 rings (SSSR count). The fourth-order valence-electron chi connectivity index (χ4n) is 4.08. The third kappa shape index (κ3) is 7.05. The number of aromatic nitrogens is 2. The van der Waals surface area contributed by atoms with Crippen LogP contribution in [-0.2, 0) is 4.79 Å². The molecule has 0 spiro atoms.